The lowest BCUT2D eigenvalue weighted by Crippen LogP contribution is -2.45. The molecule has 1 aromatic carbocycles. The van der Waals surface area contributed by atoms with Crippen molar-refractivity contribution in [1.29, 1.82) is 0 Å². The van der Waals surface area contributed by atoms with Gasteiger partial charge in [-0.1, -0.05) is 0 Å². The molecule has 0 aliphatic rings. The second-order valence-electron chi connectivity index (χ2n) is 6.91. The van der Waals surface area contributed by atoms with Gasteiger partial charge in [0.1, 0.15) is 11.8 Å². The first kappa shape index (κ1) is 21.4. The summed E-state index contributed by atoms with van der Waals surface area (Å²) in [6, 6.07) is 0.239. The van der Waals surface area contributed by atoms with Crippen molar-refractivity contribution >= 4 is 16.0 Å². The quantitative estimate of drug-likeness (QED) is 0.759. The van der Waals surface area contributed by atoms with Gasteiger partial charge in [0.05, 0.1) is 24.2 Å². The highest BCUT2D eigenvalue weighted by molar-refractivity contribution is 7.89. The molecule has 7 nitrogen and oxygen atoms in total. The molecule has 25 heavy (non-hydrogen) atoms. The van der Waals surface area contributed by atoms with Crippen molar-refractivity contribution in [3.63, 3.8) is 0 Å². The van der Waals surface area contributed by atoms with E-state index in [9.17, 15) is 18.3 Å². The number of aryl methyl sites for hydroxylation is 1. The summed E-state index contributed by atoms with van der Waals surface area (Å²) in [6.07, 6.45) is 0. The molecule has 1 rings (SSSR count). The molecule has 0 aliphatic heterocycles. The lowest BCUT2D eigenvalue weighted by Gasteiger charge is -2.24. The smallest absolute Gasteiger partial charge is 0.324 e. The zero-order valence-electron chi connectivity index (χ0n) is 15.8. The van der Waals surface area contributed by atoms with Gasteiger partial charge < -0.3 is 14.6 Å². The van der Waals surface area contributed by atoms with E-state index in [0.29, 0.717) is 22.4 Å². The highest BCUT2D eigenvalue weighted by Gasteiger charge is 2.30. The Kier molecular flexibility index (Phi) is 6.61. The molecule has 0 bridgehead atoms. The van der Waals surface area contributed by atoms with Gasteiger partial charge in [0, 0.05) is 0 Å². The number of aliphatic carboxylic acids is 1. The third-order valence-corrected chi connectivity index (χ3v) is 5.51. The van der Waals surface area contributed by atoms with Crippen LogP contribution in [0.25, 0.3) is 0 Å². The Hall–Kier alpha value is -1.64. The second kappa shape index (κ2) is 7.72. The van der Waals surface area contributed by atoms with E-state index in [-0.39, 0.29) is 11.5 Å². The summed E-state index contributed by atoms with van der Waals surface area (Å²) in [4.78, 5) is 11.5. The normalized spacial score (nSPS) is 13.6. The number of hydrogen-bond acceptors (Lipinski definition) is 5. The van der Waals surface area contributed by atoms with Crippen LogP contribution in [0.2, 0.25) is 0 Å². The average molecular weight is 373 g/mol. The molecule has 1 atom stereocenters. The fourth-order valence-electron chi connectivity index (χ4n) is 2.38. The van der Waals surface area contributed by atoms with Gasteiger partial charge in [-0.2, -0.15) is 4.72 Å². The molecule has 8 heteroatoms. The molecular weight excluding hydrogens is 346 g/mol. The van der Waals surface area contributed by atoms with Crippen LogP contribution >= 0.6 is 0 Å². The Labute approximate surface area is 149 Å². The van der Waals surface area contributed by atoms with Gasteiger partial charge in [-0.3, -0.25) is 4.79 Å². The maximum atomic E-state index is 12.8. The van der Waals surface area contributed by atoms with Gasteiger partial charge in [0.15, 0.2) is 0 Å². The van der Waals surface area contributed by atoms with Gasteiger partial charge >= 0.3 is 5.97 Å². The second-order valence-corrected chi connectivity index (χ2v) is 8.56. The molecule has 1 unspecified atom stereocenters. The fourth-order valence-corrected chi connectivity index (χ4v) is 4.08. The molecule has 2 N–H and O–H groups in total. The molecule has 0 spiro atoms. The van der Waals surface area contributed by atoms with Crippen LogP contribution in [0, 0.1) is 20.8 Å². The Morgan fingerprint density at radius 2 is 1.80 bits per heavy atom. The first-order chi connectivity index (χ1) is 11.3. The van der Waals surface area contributed by atoms with Crippen molar-refractivity contribution in [3.8, 4) is 5.75 Å². The number of sulfonamides is 1. The standard InChI is InChI=1S/C17H27NO6S/c1-10-8-14(23-7)11(2)12(3)15(10)25(21,22)18-13(16(19)20)9-24-17(4,5)6/h8,13,18H,9H2,1-7H3,(H,19,20). The summed E-state index contributed by atoms with van der Waals surface area (Å²) >= 11 is 0. The SMILES string of the molecule is COc1cc(C)c(S(=O)(=O)NC(COC(C)(C)C)C(=O)O)c(C)c1C. The molecule has 0 fully saturated rings. The van der Waals surface area contributed by atoms with E-state index < -0.39 is 27.6 Å². The minimum absolute atomic E-state index is 0.0628. The first-order valence-corrected chi connectivity index (χ1v) is 9.32. The predicted octanol–water partition coefficient (Wildman–Crippen LogP) is 2.17. The number of carboxylic acid groups (broad SMARTS) is 1. The van der Waals surface area contributed by atoms with Gasteiger partial charge in [-0.25, -0.2) is 8.42 Å². The van der Waals surface area contributed by atoms with Crippen LogP contribution in [0.1, 0.15) is 37.5 Å². The van der Waals surface area contributed by atoms with E-state index in [0.717, 1.165) is 0 Å². The van der Waals surface area contributed by atoms with Gasteiger partial charge in [-0.15, -0.1) is 0 Å². The van der Waals surface area contributed by atoms with Crippen LogP contribution in [0.3, 0.4) is 0 Å². The maximum absolute atomic E-state index is 12.8. The number of rotatable bonds is 7. The fraction of sp³-hybridized carbons (Fsp3) is 0.588. The highest BCUT2D eigenvalue weighted by atomic mass is 32.2. The zero-order chi connectivity index (χ0) is 19.6. The number of carbonyl (C=O) groups is 1. The Morgan fingerprint density at radius 3 is 2.24 bits per heavy atom. The van der Waals surface area contributed by atoms with E-state index >= 15 is 0 Å². The number of benzene rings is 1. The predicted molar refractivity (Wildman–Crippen MR) is 94.7 cm³/mol. The minimum atomic E-state index is -4.05. The Balaban J connectivity index is 3.24. The number of carboxylic acids is 1. The van der Waals surface area contributed by atoms with Crippen LogP contribution in [0.4, 0.5) is 0 Å². The molecule has 0 heterocycles. The molecule has 0 aromatic heterocycles. The van der Waals surface area contributed by atoms with Crippen LogP contribution < -0.4 is 9.46 Å². The van der Waals surface area contributed by atoms with Crippen molar-refractivity contribution in [2.24, 2.45) is 0 Å². The molecule has 0 saturated heterocycles. The van der Waals surface area contributed by atoms with Crippen LogP contribution in [-0.2, 0) is 19.6 Å². The summed E-state index contributed by atoms with van der Waals surface area (Å²) in [5.74, 6) is -0.715. The van der Waals surface area contributed by atoms with Gasteiger partial charge in [-0.05, 0) is 64.3 Å². The largest absolute Gasteiger partial charge is 0.496 e. The van der Waals surface area contributed by atoms with Crippen molar-refractivity contribution in [2.45, 2.75) is 58.1 Å². The Morgan fingerprint density at radius 1 is 1.24 bits per heavy atom. The number of hydrogen-bond donors (Lipinski definition) is 2. The summed E-state index contributed by atoms with van der Waals surface area (Å²) in [6.45, 7) is 10.1. The summed E-state index contributed by atoms with van der Waals surface area (Å²) < 4.78 is 38.5. The Bertz CT molecular complexity index is 749. The van der Waals surface area contributed by atoms with Gasteiger partial charge in [0.25, 0.3) is 0 Å². The molecular formula is C17H27NO6S. The molecule has 142 valence electrons. The monoisotopic (exact) mass is 373 g/mol. The minimum Gasteiger partial charge on any atom is -0.496 e. The van der Waals surface area contributed by atoms with Crippen LogP contribution in [0.15, 0.2) is 11.0 Å². The maximum Gasteiger partial charge on any atom is 0.324 e. The summed E-state index contributed by atoms with van der Waals surface area (Å²) in [7, 11) is -2.54. The summed E-state index contributed by atoms with van der Waals surface area (Å²) in [5.41, 5.74) is 1.10. The third kappa shape index (κ3) is 5.42. The van der Waals surface area contributed by atoms with Crippen LogP contribution in [0.5, 0.6) is 5.75 Å². The highest BCUT2D eigenvalue weighted by Crippen LogP contribution is 2.30. The molecule has 1 aromatic rings. The van der Waals surface area contributed by atoms with Crippen LogP contribution in [-0.4, -0.2) is 44.9 Å². The molecule has 0 aliphatic carbocycles. The molecule has 0 amide bonds. The van der Waals surface area contributed by atoms with Crippen molar-refractivity contribution in [2.75, 3.05) is 13.7 Å². The van der Waals surface area contributed by atoms with E-state index in [1.807, 2.05) is 0 Å². The van der Waals surface area contributed by atoms with E-state index in [2.05, 4.69) is 4.72 Å². The lowest BCUT2D eigenvalue weighted by atomic mass is 10.1. The molecule has 0 radical (unpaired) electrons. The topological polar surface area (TPSA) is 102 Å². The average Bonchev–Trinajstić information content (AvgIpc) is 2.45. The molecule has 0 saturated carbocycles. The number of nitrogens with one attached hydrogen (secondary N) is 1. The zero-order valence-corrected chi connectivity index (χ0v) is 16.6. The summed E-state index contributed by atoms with van der Waals surface area (Å²) in [5, 5.41) is 9.33. The van der Waals surface area contributed by atoms with E-state index in [1.165, 1.54) is 7.11 Å². The van der Waals surface area contributed by atoms with E-state index in [1.54, 1.807) is 47.6 Å². The van der Waals surface area contributed by atoms with E-state index in [4.69, 9.17) is 9.47 Å². The first-order valence-electron chi connectivity index (χ1n) is 7.84. The van der Waals surface area contributed by atoms with Gasteiger partial charge in [0.2, 0.25) is 10.0 Å². The van der Waals surface area contributed by atoms with Crippen molar-refractivity contribution in [3.05, 3.63) is 22.8 Å². The third-order valence-electron chi connectivity index (χ3n) is 3.75. The number of methoxy groups -OCH3 is 1. The number of ether oxygens (including phenoxy) is 2. The lowest BCUT2D eigenvalue weighted by molar-refractivity contribution is -0.142. The van der Waals surface area contributed by atoms with Crippen molar-refractivity contribution < 1.29 is 27.8 Å². The van der Waals surface area contributed by atoms with Crippen molar-refractivity contribution in [1.82, 2.24) is 4.72 Å².